The van der Waals surface area contributed by atoms with E-state index < -0.39 is 16.0 Å². The van der Waals surface area contributed by atoms with Gasteiger partial charge in [0.1, 0.15) is 0 Å². The summed E-state index contributed by atoms with van der Waals surface area (Å²) in [5, 5.41) is 8.63. The first-order valence-corrected chi connectivity index (χ1v) is 8.10. The highest BCUT2D eigenvalue weighted by molar-refractivity contribution is 7.89. The Bertz CT molecular complexity index is 681. The van der Waals surface area contributed by atoms with Gasteiger partial charge >= 0.3 is 5.97 Å². The minimum absolute atomic E-state index is 0.0318. The molecule has 0 saturated heterocycles. The van der Waals surface area contributed by atoms with Gasteiger partial charge in [-0.3, -0.25) is 9.59 Å². The van der Waals surface area contributed by atoms with Gasteiger partial charge in [0.2, 0.25) is 10.0 Å². The lowest BCUT2D eigenvalue weighted by molar-refractivity contribution is -0.137. The van der Waals surface area contributed by atoms with Crippen LogP contribution in [0.25, 0.3) is 0 Å². The summed E-state index contributed by atoms with van der Waals surface area (Å²) in [7, 11) is -2.44. The SMILES string of the molecule is CN(CCC(=O)O)S(=O)(=O)c1ccc2c(c1)C(=O)CCC2. The van der Waals surface area contributed by atoms with Crippen molar-refractivity contribution < 1.29 is 23.1 Å². The summed E-state index contributed by atoms with van der Waals surface area (Å²) in [5.74, 6) is -1.10. The summed E-state index contributed by atoms with van der Waals surface area (Å²) in [6.45, 7) is -0.108. The number of rotatable bonds is 5. The van der Waals surface area contributed by atoms with E-state index in [1.165, 1.54) is 19.2 Å². The molecule has 0 atom stereocenters. The number of carbonyl (C=O) groups excluding carboxylic acids is 1. The zero-order valence-electron chi connectivity index (χ0n) is 11.7. The fraction of sp³-hybridized carbons (Fsp3) is 0.429. The number of hydrogen-bond donors (Lipinski definition) is 1. The molecule has 0 amide bonds. The molecule has 1 aromatic carbocycles. The Kier molecular flexibility index (Phi) is 4.43. The van der Waals surface area contributed by atoms with Gasteiger partial charge in [-0.05, 0) is 30.5 Å². The zero-order chi connectivity index (χ0) is 15.6. The molecule has 0 bridgehead atoms. The fourth-order valence-corrected chi connectivity index (χ4v) is 3.52. The molecule has 114 valence electrons. The molecule has 1 aliphatic carbocycles. The standard InChI is InChI=1S/C14H17NO5S/c1-15(8-7-14(17)18)21(19,20)11-6-5-10-3-2-4-13(16)12(10)9-11/h5-6,9H,2-4,7-8H2,1H3,(H,17,18). The van der Waals surface area contributed by atoms with Gasteiger partial charge in [0.05, 0.1) is 11.3 Å². The summed E-state index contributed by atoms with van der Waals surface area (Å²) in [6, 6.07) is 4.55. The molecule has 0 unspecified atom stereocenters. The second kappa shape index (κ2) is 5.95. The van der Waals surface area contributed by atoms with Gasteiger partial charge in [0.15, 0.2) is 5.78 Å². The number of carboxylic acids is 1. The third-order valence-corrected chi connectivity index (χ3v) is 5.43. The summed E-state index contributed by atoms with van der Waals surface area (Å²) < 4.78 is 25.7. The molecule has 0 aliphatic heterocycles. The predicted molar refractivity (Wildman–Crippen MR) is 75.8 cm³/mol. The number of sulfonamides is 1. The van der Waals surface area contributed by atoms with Crippen molar-refractivity contribution in [3.63, 3.8) is 0 Å². The van der Waals surface area contributed by atoms with Crippen molar-refractivity contribution in [3.8, 4) is 0 Å². The molecule has 2 rings (SSSR count). The van der Waals surface area contributed by atoms with E-state index in [1.807, 2.05) is 0 Å². The first kappa shape index (κ1) is 15.7. The van der Waals surface area contributed by atoms with Gasteiger partial charge in [-0.15, -0.1) is 0 Å². The number of ketones is 1. The Hall–Kier alpha value is -1.73. The average molecular weight is 311 g/mol. The van der Waals surface area contributed by atoms with Crippen LogP contribution in [0.1, 0.15) is 35.2 Å². The van der Waals surface area contributed by atoms with E-state index in [0.29, 0.717) is 12.0 Å². The Balaban J connectivity index is 2.30. The van der Waals surface area contributed by atoms with E-state index in [9.17, 15) is 18.0 Å². The number of benzene rings is 1. The number of carboxylic acid groups (broad SMARTS) is 1. The molecule has 1 aliphatic rings. The van der Waals surface area contributed by atoms with Crippen LogP contribution in [0.15, 0.2) is 23.1 Å². The molecule has 0 heterocycles. The Morgan fingerprint density at radius 2 is 2.05 bits per heavy atom. The van der Waals surface area contributed by atoms with Crippen molar-refractivity contribution >= 4 is 21.8 Å². The van der Waals surface area contributed by atoms with Crippen LogP contribution in [0, 0.1) is 0 Å². The van der Waals surface area contributed by atoms with E-state index in [-0.39, 0.29) is 23.6 Å². The largest absolute Gasteiger partial charge is 0.481 e. The molecule has 0 spiro atoms. The lowest BCUT2D eigenvalue weighted by Gasteiger charge is -2.19. The molecule has 0 aromatic heterocycles. The molecular formula is C14H17NO5S. The Labute approximate surface area is 123 Å². The third kappa shape index (κ3) is 3.30. The first-order valence-electron chi connectivity index (χ1n) is 6.66. The first-order chi connectivity index (χ1) is 9.82. The van der Waals surface area contributed by atoms with Crippen LogP contribution in [0.4, 0.5) is 0 Å². The lowest BCUT2D eigenvalue weighted by atomic mass is 9.91. The molecule has 0 radical (unpaired) electrons. The van der Waals surface area contributed by atoms with Gasteiger partial charge in [0, 0.05) is 25.6 Å². The lowest BCUT2D eigenvalue weighted by Crippen LogP contribution is -2.29. The number of hydrogen-bond acceptors (Lipinski definition) is 4. The van der Waals surface area contributed by atoms with E-state index >= 15 is 0 Å². The van der Waals surface area contributed by atoms with Gasteiger partial charge in [-0.25, -0.2) is 12.7 Å². The van der Waals surface area contributed by atoms with Gasteiger partial charge in [-0.1, -0.05) is 6.07 Å². The molecule has 1 aromatic rings. The highest BCUT2D eigenvalue weighted by Gasteiger charge is 2.25. The average Bonchev–Trinajstić information content (AvgIpc) is 2.44. The monoisotopic (exact) mass is 311 g/mol. The summed E-state index contributed by atoms with van der Waals surface area (Å²) in [4.78, 5) is 22.4. The molecule has 0 fully saturated rings. The quantitative estimate of drug-likeness (QED) is 0.885. The van der Waals surface area contributed by atoms with Crippen LogP contribution < -0.4 is 0 Å². The molecule has 0 saturated carbocycles. The van der Waals surface area contributed by atoms with Crippen molar-refractivity contribution in [2.45, 2.75) is 30.6 Å². The number of fused-ring (bicyclic) bond motifs is 1. The molecule has 21 heavy (non-hydrogen) atoms. The third-order valence-electron chi connectivity index (χ3n) is 3.58. The second-order valence-electron chi connectivity index (χ2n) is 5.07. The predicted octanol–water partition coefficient (Wildman–Crippen LogP) is 1.30. The zero-order valence-corrected chi connectivity index (χ0v) is 12.5. The van der Waals surface area contributed by atoms with E-state index in [0.717, 1.165) is 22.7 Å². The fourth-order valence-electron chi connectivity index (χ4n) is 2.32. The molecule has 1 N–H and O–H groups in total. The highest BCUT2D eigenvalue weighted by atomic mass is 32.2. The van der Waals surface area contributed by atoms with Crippen LogP contribution in [-0.4, -0.2) is 43.2 Å². The number of aryl methyl sites for hydroxylation is 1. The number of nitrogens with zero attached hydrogens (tertiary/aromatic N) is 1. The second-order valence-corrected chi connectivity index (χ2v) is 7.11. The Morgan fingerprint density at radius 3 is 2.71 bits per heavy atom. The number of aliphatic carboxylic acids is 1. The highest BCUT2D eigenvalue weighted by Crippen LogP contribution is 2.25. The van der Waals surface area contributed by atoms with Crippen molar-refractivity contribution in [3.05, 3.63) is 29.3 Å². The van der Waals surface area contributed by atoms with Crippen LogP contribution in [0.3, 0.4) is 0 Å². The van der Waals surface area contributed by atoms with Gasteiger partial charge < -0.3 is 5.11 Å². The van der Waals surface area contributed by atoms with Crippen LogP contribution in [-0.2, 0) is 21.2 Å². The summed E-state index contributed by atoms with van der Waals surface area (Å²) in [6.07, 6.45) is 1.73. The number of carbonyl (C=O) groups is 2. The van der Waals surface area contributed by atoms with Gasteiger partial charge in [0.25, 0.3) is 0 Å². The van der Waals surface area contributed by atoms with E-state index in [2.05, 4.69) is 0 Å². The van der Waals surface area contributed by atoms with Crippen molar-refractivity contribution in [2.75, 3.05) is 13.6 Å². The van der Waals surface area contributed by atoms with Gasteiger partial charge in [-0.2, -0.15) is 0 Å². The van der Waals surface area contributed by atoms with Crippen molar-refractivity contribution in [1.29, 1.82) is 0 Å². The summed E-state index contributed by atoms with van der Waals surface area (Å²) in [5.41, 5.74) is 1.34. The van der Waals surface area contributed by atoms with Crippen molar-refractivity contribution in [1.82, 2.24) is 4.31 Å². The minimum atomic E-state index is -3.77. The van der Waals surface area contributed by atoms with E-state index in [1.54, 1.807) is 6.07 Å². The Morgan fingerprint density at radius 1 is 1.33 bits per heavy atom. The topological polar surface area (TPSA) is 91.8 Å². The van der Waals surface area contributed by atoms with E-state index in [4.69, 9.17) is 5.11 Å². The smallest absolute Gasteiger partial charge is 0.304 e. The van der Waals surface area contributed by atoms with Crippen LogP contribution in [0.5, 0.6) is 0 Å². The van der Waals surface area contributed by atoms with Crippen molar-refractivity contribution in [2.24, 2.45) is 0 Å². The van der Waals surface area contributed by atoms with Crippen LogP contribution in [0.2, 0.25) is 0 Å². The maximum atomic E-state index is 12.4. The summed E-state index contributed by atoms with van der Waals surface area (Å²) >= 11 is 0. The normalized spacial score (nSPS) is 15.0. The molecule has 6 nitrogen and oxygen atoms in total. The van der Waals surface area contributed by atoms with Crippen LogP contribution >= 0.6 is 0 Å². The molecular weight excluding hydrogens is 294 g/mol. The minimum Gasteiger partial charge on any atom is -0.481 e. The number of Topliss-reactive ketones (excluding diaryl/α,β-unsaturated/α-hetero) is 1. The maximum Gasteiger partial charge on any atom is 0.304 e. The maximum absolute atomic E-state index is 12.4. The molecule has 7 heteroatoms.